The van der Waals surface area contributed by atoms with Crippen LogP contribution in [-0.4, -0.2) is 21.2 Å². The van der Waals surface area contributed by atoms with E-state index >= 15 is 0 Å². The van der Waals surface area contributed by atoms with E-state index in [0.717, 1.165) is 11.1 Å². The predicted octanol–water partition coefficient (Wildman–Crippen LogP) is 1.94. The molecule has 0 aliphatic heterocycles. The van der Waals surface area contributed by atoms with E-state index in [2.05, 4.69) is 4.98 Å². The highest BCUT2D eigenvalue weighted by molar-refractivity contribution is 5.87. The largest absolute Gasteiger partial charge is 0.478 e. The number of hydrogen-bond donors (Lipinski definition) is 2. The van der Waals surface area contributed by atoms with Gasteiger partial charge in [-0.3, -0.25) is 4.98 Å². The molecule has 0 aliphatic rings. The second-order valence-electron chi connectivity index (χ2n) is 3.59. The van der Waals surface area contributed by atoms with Crippen LogP contribution in [0.1, 0.15) is 15.9 Å². The number of benzene rings is 1. The Balaban J connectivity index is 2.29. The summed E-state index contributed by atoms with van der Waals surface area (Å²) in [5.41, 5.74) is 2.59. The molecule has 17 heavy (non-hydrogen) atoms. The van der Waals surface area contributed by atoms with E-state index in [1.807, 2.05) is 24.3 Å². The number of carboxylic acid groups (broad SMARTS) is 1. The monoisotopic (exact) mass is 229 g/mol. The van der Waals surface area contributed by atoms with Gasteiger partial charge in [0.1, 0.15) is 0 Å². The van der Waals surface area contributed by atoms with Gasteiger partial charge in [-0.25, -0.2) is 4.79 Å². The van der Waals surface area contributed by atoms with E-state index in [-0.39, 0.29) is 12.2 Å². The number of carboxylic acids is 1. The molecule has 0 atom stereocenters. The maximum Gasteiger partial charge on any atom is 0.337 e. The molecule has 0 spiro atoms. The third kappa shape index (κ3) is 2.49. The van der Waals surface area contributed by atoms with Crippen molar-refractivity contribution in [2.45, 2.75) is 6.61 Å². The van der Waals surface area contributed by atoms with Crippen molar-refractivity contribution in [3.05, 3.63) is 53.7 Å². The molecule has 0 saturated carbocycles. The second kappa shape index (κ2) is 4.76. The highest BCUT2D eigenvalue weighted by atomic mass is 16.4. The highest BCUT2D eigenvalue weighted by Crippen LogP contribution is 2.17. The smallest absolute Gasteiger partial charge is 0.337 e. The summed E-state index contributed by atoms with van der Waals surface area (Å²) in [6.45, 7) is 0.00562. The zero-order valence-electron chi connectivity index (χ0n) is 9.00. The Hall–Kier alpha value is -2.20. The number of pyridine rings is 1. The quantitative estimate of drug-likeness (QED) is 0.843. The van der Waals surface area contributed by atoms with Crippen LogP contribution in [0.4, 0.5) is 0 Å². The Labute approximate surface area is 98.2 Å². The first-order valence-corrected chi connectivity index (χ1v) is 5.10. The van der Waals surface area contributed by atoms with Gasteiger partial charge >= 0.3 is 5.97 Å². The van der Waals surface area contributed by atoms with Crippen molar-refractivity contribution in [1.82, 2.24) is 4.98 Å². The zero-order chi connectivity index (χ0) is 12.3. The Bertz CT molecular complexity index is 517. The molecular formula is C13H11NO3. The Morgan fingerprint density at radius 1 is 1.12 bits per heavy atom. The van der Waals surface area contributed by atoms with Crippen molar-refractivity contribution in [2.75, 3.05) is 0 Å². The average Bonchev–Trinajstić information content (AvgIpc) is 2.39. The van der Waals surface area contributed by atoms with Crippen LogP contribution in [0, 0.1) is 0 Å². The number of rotatable bonds is 3. The van der Waals surface area contributed by atoms with Crippen LogP contribution < -0.4 is 0 Å². The molecule has 1 aromatic heterocycles. The lowest BCUT2D eigenvalue weighted by molar-refractivity contribution is 0.0696. The fourth-order valence-corrected chi connectivity index (χ4v) is 1.47. The van der Waals surface area contributed by atoms with Gasteiger partial charge < -0.3 is 10.2 Å². The van der Waals surface area contributed by atoms with E-state index in [9.17, 15) is 4.79 Å². The molecule has 0 saturated heterocycles. The molecule has 2 N–H and O–H groups in total. The lowest BCUT2D eigenvalue weighted by Crippen LogP contribution is -1.97. The summed E-state index contributed by atoms with van der Waals surface area (Å²) in [5.74, 6) is -0.986. The average molecular weight is 229 g/mol. The first kappa shape index (κ1) is 11.3. The van der Waals surface area contributed by atoms with Crippen molar-refractivity contribution in [1.29, 1.82) is 0 Å². The number of aromatic carboxylic acids is 1. The normalized spacial score (nSPS) is 10.2. The summed E-state index contributed by atoms with van der Waals surface area (Å²) in [4.78, 5) is 14.7. The summed E-state index contributed by atoms with van der Waals surface area (Å²) >= 11 is 0. The minimum atomic E-state index is -0.986. The van der Waals surface area contributed by atoms with E-state index < -0.39 is 5.97 Å². The van der Waals surface area contributed by atoms with Crippen LogP contribution in [0.3, 0.4) is 0 Å². The number of carbonyl (C=O) groups is 1. The number of aliphatic hydroxyl groups is 1. The minimum Gasteiger partial charge on any atom is -0.478 e. The van der Waals surface area contributed by atoms with Gasteiger partial charge in [0.25, 0.3) is 0 Å². The fourth-order valence-electron chi connectivity index (χ4n) is 1.47. The maximum atomic E-state index is 10.7. The second-order valence-corrected chi connectivity index (χ2v) is 3.59. The first-order valence-electron chi connectivity index (χ1n) is 5.10. The topological polar surface area (TPSA) is 70.4 Å². The number of hydrogen-bond acceptors (Lipinski definition) is 3. The highest BCUT2D eigenvalue weighted by Gasteiger charge is 2.04. The third-order valence-electron chi connectivity index (χ3n) is 2.44. The van der Waals surface area contributed by atoms with E-state index in [0.29, 0.717) is 5.69 Å². The summed E-state index contributed by atoms with van der Waals surface area (Å²) in [7, 11) is 0. The van der Waals surface area contributed by atoms with Gasteiger partial charge in [0.15, 0.2) is 0 Å². The van der Waals surface area contributed by atoms with Crippen LogP contribution in [-0.2, 0) is 6.61 Å². The summed E-state index contributed by atoms with van der Waals surface area (Å²) in [6.07, 6.45) is 1.33. The van der Waals surface area contributed by atoms with Crippen molar-refractivity contribution in [3.8, 4) is 11.3 Å². The van der Waals surface area contributed by atoms with Gasteiger partial charge in [-0.05, 0) is 17.7 Å². The molecule has 4 nitrogen and oxygen atoms in total. The van der Waals surface area contributed by atoms with Crippen molar-refractivity contribution in [3.63, 3.8) is 0 Å². The molecule has 1 heterocycles. The molecule has 2 rings (SSSR count). The SMILES string of the molecule is O=C(O)c1ccc(-c2ccc(CO)cc2)nc1. The molecule has 0 fully saturated rings. The van der Waals surface area contributed by atoms with Crippen LogP contribution in [0.25, 0.3) is 11.3 Å². The zero-order valence-corrected chi connectivity index (χ0v) is 9.00. The Kier molecular flexibility index (Phi) is 3.16. The molecule has 2 aromatic rings. The molecule has 86 valence electrons. The molecule has 0 amide bonds. The molecule has 0 radical (unpaired) electrons. The van der Waals surface area contributed by atoms with Gasteiger partial charge in [-0.1, -0.05) is 24.3 Å². The fraction of sp³-hybridized carbons (Fsp3) is 0.0769. The summed E-state index contributed by atoms with van der Waals surface area (Å²) in [6, 6.07) is 10.5. The van der Waals surface area contributed by atoms with E-state index in [1.165, 1.54) is 12.3 Å². The molecular weight excluding hydrogens is 218 g/mol. The standard InChI is InChI=1S/C13H11NO3/c15-8-9-1-3-10(4-2-9)12-6-5-11(7-14-12)13(16)17/h1-7,15H,8H2,(H,16,17). The summed E-state index contributed by atoms with van der Waals surface area (Å²) in [5, 5.41) is 17.7. The number of aliphatic hydroxyl groups excluding tert-OH is 1. The Morgan fingerprint density at radius 2 is 1.82 bits per heavy atom. The minimum absolute atomic E-state index is 0.00562. The van der Waals surface area contributed by atoms with Crippen LogP contribution in [0.15, 0.2) is 42.6 Å². The number of nitrogens with zero attached hydrogens (tertiary/aromatic N) is 1. The van der Waals surface area contributed by atoms with Gasteiger partial charge in [0, 0.05) is 11.8 Å². The van der Waals surface area contributed by atoms with Gasteiger partial charge in [-0.2, -0.15) is 0 Å². The van der Waals surface area contributed by atoms with Gasteiger partial charge in [-0.15, -0.1) is 0 Å². The van der Waals surface area contributed by atoms with E-state index in [4.69, 9.17) is 10.2 Å². The van der Waals surface area contributed by atoms with Crippen molar-refractivity contribution < 1.29 is 15.0 Å². The van der Waals surface area contributed by atoms with Gasteiger partial charge in [0.05, 0.1) is 17.9 Å². The maximum absolute atomic E-state index is 10.7. The summed E-state index contributed by atoms with van der Waals surface area (Å²) < 4.78 is 0. The Morgan fingerprint density at radius 3 is 2.29 bits per heavy atom. The van der Waals surface area contributed by atoms with Crippen molar-refractivity contribution >= 4 is 5.97 Å². The molecule has 0 bridgehead atoms. The van der Waals surface area contributed by atoms with Crippen LogP contribution in [0.2, 0.25) is 0 Å². The van der Waals surface area contributed by atoms with E-state index in [1.54, 1.807) is 6.07 Å². The van der Waals surface area contributed by atoms with Gasteiger partial charge in [0.2, 0.25) is 0 Å². The molecule has 0 aliphatic carbocycles. The van der Waals surface area contributed by atoms with Crippen LogP contribution >= 0.6 is 0 Å². The number of aromatic nitrogens is 1. The molecule has 0 unspecified atom stereocenters. The third-order valence-corrected chi connectivity index (χ3v) is 2.44. The lowest BCUT2D eigenvalue weighted by Gasteiger charge is -2.02. The predicted molar refractivity (Wildman–Crippen MR) is 62.6 cm³/mol. The lowest BCUT2D eigenvalue weighted by atomic mass is 10.1. The molecule has 4 heteroatoms. The van der Waals surface area contributed by atoms with Crippen LogP contribution in [0.5, 0.6) is 0 Å². The van der Waals surface area contributed by atoms with Crippen molar-refractivity contribution in [2.24, 2.45) is 0 Å². The molecule has 1 aromatic carbocycles. The first-order chi connectivity index (χ1) is 8.20.